The normalized spacial score (nSPS) is 18.7. The van der Waals surface area contributed by atoms with Gasteiger partial charge >= 0.3 is 6.09 Å². The SMILES string of the molecule is Cc1ccc(S(=O)(=O)Nc2ccc(C(=O)N3CCN4C(=O)OC[C@H]4C3)cc2)cc1C. The maximum Gasteiger partial charge on any atom is 0.410 e. The molecular weight excluding hydrogens is 406 g/mol. The summed E-state index contributed by atoms with van der Waals surface area (Å²) in [4.78, 5) is 27.9. The molecule has 1 atom stereocenters. The summed E-state index contributed by atoms with van der Waals surface area (Å²) < 4.78 is 32.8. The third-order valence-corrected chi connectivity index (χ3v) is 6.96. The molecule has 0 spiro atoms. The minimum absolute atomic E-state index is 0.112. The summed E-state index contributed by atoms with van der Waals surface area (Å²) in [5.74, 6) is -0.155. The van der Waals surface area contributed by atoms with Gasteiger partial charge in [-0.05, 0) is 61.4 Å². The number of ether oxygens (including phenoxy) is 1. The number of aryl methyl sites for hydroxylation is 2. The van der Waals surface area contributed by atoms with Gasteiger partial charge < -0.3 is 9.64 Å². The van der Waals surface area contributed by atoms with Crippen LogP contribution in [-0.4, -0.2) is 62.5 Å². The van der Waals surface area contributed by atoms with E-state index in [9.17, 15) is 18.0 Å². The molecule has 2 amide bonds. The number of carbonyl (C=O) groups excluding carboxylic acids is 2. The van der Waals surface area contributed by atoms with Crippen molar-refractivity contribution in [1.82, 2.24) is 9.80 Å². The second-order valence-corrected chi connectivity index (χ2v) is 9.29. The van der Waals surface area contributed by atoms with Crippen LogP contribution in [0.1, 0.15) is 21.5 Å². The van der Waals surface area contributed by atoms with E-state index in [0.717, 1.165) is 11.1 Å². The molecule has 8 nitrogen and oxygen atoms in total. The molecule has 158 valence electrons. The zero-order valence-corrected chi connectivity index (χ0v) is 17.6. The summed E-state index contributed by atoms with van der Waals surface area (Å²) in [6.45, 7) is 5.39. The maximum atomic E-state index is 12.8. The van der Waals surface area contributed by atoms with E-state index in [-0.39, 0.29) is 22.9 Å². The Morgan fingerprint density at radius 1 is 1.07 bits per heavy atom. The minimum atomic E-state index is -3.72. The maximum absolute atomic E-state index is 12.8. The van der Waals surface area contributed by atoms with Crippen LogP contribution in [-0.2, 0) is 14.8 Å². The van der Waals surface area contributed by atoms with Crippen LogP contribution in [0.3, 0.4) is 0 Å². The highest BCUT2D eigenvalue weighted by Gasteiger charge is 2.38. The lowest BCUT2D eigenvalue weighted by Crippen LogP contribution is -2.53. The summed E-state index contributed by atoms with van der Waals surface area (Å²) in [7, 11) is -3.72. The van der Waals surface area contributed by atoms with Gasteiger partial charge in [0.1, 0.15) is 6.61 Å². The molecule has 30 heavy (non-hydrogen) atoms. The van der Waals surface area contributed by atoms with Crippen LogP contribution in [0.25, 0.3) is 0 Å². The Morgan fingerprint density at radius 2 is 1.80 bits per heavy atom. The Balaban J connectivity index is 1.44. The monoisotopic (exact) mass is 429 g/mol. The number of anilines is 1. The lowest BCUT2D eigenvalue weighted by atomic mass is 10.1. The molecule has 0 saturated carbocycles. The Kier molecular flexibility index (Phi) is 5.15. The van der Waals surface area contributed by atoms with E-state index in [1.807, 2.05) is 13.8 Å². The first-order valence-corrected chi connectivity index (χ1v) is 11.2. The molecular formula is C21H23N3O5S. The topological polar surface area (TPSA) is 96.0 Å². The molecule has 9 heteroatoms. The van der Waals surface area contributed by atoms with E-state index in [1.54, 1.807) is 52.3 Å². The van der Waals surface area contributed by atoms with Crippen LogP contribution in [0.4, 0.5) is 10.5 Å². The Bertz CT molecular complexity index is 1100. The van der Waals surface area contributed by atoms with Crippen molar-refractivity contribution in [2.75, 3.05) is 31.0 Å². The van der Waals surface area contributed by atoms with Gasteiger partial charge in [-0.15, -0.1) is 0 Å². The molecule has 0 aromatic heterocycles. The number of benzene rings is 2. The highest BCUT2D eigenvalue weighted by molar-refractivity contribution is 7.92. The zero-order chi connectivity index (χ0) is 21.5. The fourth-order valence-corrected chi connectivity index (χ4v) is 4.78. The molecule has 0 aliphatic carbocycles. The van der Waals surface area contributed by atoms with Crippen molar-refractivity contribution < 1.29 is 22.7 Å². The van der Waals surface area contributed by atoms with Gasteiger partial charge in [0.15, 0.2) is 0 Å². The second-order valence-electron chi connectivity index (χ2n) is 7.60. The molecule has 1 N–H and O–H groups in total. The molecule has 2 aromatic rings. The highest BCUT2D eigenvalue weighted by Crippen LogP contribution is 2.22. The average Bonchev–Trinajstić information content (AvgIpc) is 3.10. The van der Waals surface area contributed by atoms with Gasteiger partial charge in [-0.2, -0.15) is 0 Å². The van der Waals surface area contributed by atoms with Crippen molar-refractivity contribution in [3.8, 4) is 0 Å². The quantitative estimate of drug-likeness (QED) is 0.805. The van der Waals surface area contributed by atoms with Crippen molar-refractivity contribution >= 4 is 27.7 Å². The Labute approximate surface area is 175 Å². The van der Waals surface area contributed by atoms with Gasteiger partial charge in [-0.25, -0.2) is 13.2 Å². The summed E-state index contributed by atoms with van der Waals surface area (Å²) in [5.41, 5.74) is 2.76. The zero-order valence-electron chi connectivity index (χ0n) is 16.8. The molecule has 0 bridgehead atoms. The predicted molar refractivity (Wildman–Crippen MR) is 111 cm³/mol. The standard InChI is InChI=1S/C21H23N3O5S/c1-14-3-8-19(11-15(14)2)30(27,28)22-17-6-4-16(5-7-17)20(25)23-9-10-24-18(12-23)13-29-21(24)26/h3-8,11,18,22H,9-10,12-13H2,1-2H3/t18-/m1/s1. The van der Waals surface area contributed by atoms with E-state index in [4.69, 9.17) is 4.74 Å². The number of hydrogen-bond donors (Lipinski definition) is 1. The van der Waals surface area contributed by atoms with E-state index >= 15 is 0 Å². The number of piperazine rings is 1. The third-order valence-electron chi connectivity index (χ3n) is 5.58. The smallest absolute Gasteiger partial charge is 0.410 e. The fourth-order valence-electron chi connectivity index (χ4n) is 3.63. The van der Waals surface area contributed by atoms with Crippen LogP contribution in [0.15, 0.2) is 47.4 Å². The molecule has 2 aliphatic heterocycles. The molecule has 2 heterocycles. The number of cyclic esters (lactones) is 1. The van der Waals surface area contributed by atoms with Gasteiger partial charge in [0.2, 0.25) is 0 Å². The van der Waals surface area contributed by atoms with Gasteiger partial charge in [-0.1, -0.05) is 6.07 Å². The number of rotatable bonds is 4. The third kappa shape index (κ3) is 3.85. The number of carbonyl (C=O) groups is 2. The van der Waals surface area contributed by atoms with Gasteiger partial charge in [0.25, 0.3) is 15.9 Å². The number of sulfonamides is 1. The van der Waals surface area contributed by atoms with Crippen molar-refractivity contribution in [3.63, 3.8) is 0 Å². The highest BCUT2D eigenvalue weighted by atomic mass is 32.2. The van der Waals surface area contributed by atoms with Gasteiger partial charge in [0, 0.05) is 30.9 Å². The first-order valence-electron chi connectivity index (χ1n) is 9.67. The van der Waals surface area contributed by atoms with Crippen molar-refractivity contribution in [1.29, 1.82) is 0 Å². The molecule has 2 aliphatic rings. The molecule has 2 aromatic carbocycles. The number of nitrogens with zero attached hydrogens (tertiary/aromatic N) is 2. The lowest BCUT2D eigenvalue weighted by molar-refractivity contribution is 0.0617. The van der Waals surface area contributed by atoms with Crippen molar-refractivity contribution in [3.05, 3.63) is 59.2 Å². The second kappa shape index (κ2) is 7.64. The number of amides is 2. The number of hydrogen-bond acceptors (Lipinski definition) is 5. The van der Waals surface area contributed by atoms with E-state index in [2.05, 4.69) is 4.72 Å². The predicted octanol–water partition coefficient (Wildman–Crippen LogP) is 2.38. The molecule has 4 rings (SSSR count). The van der Waals surface area contributed by atoms with Crippen molar-refractivity contribution in [2.45, 2.75) is 24.8 Å². The summed E-state index contributed by atoms with van der Waals surface area (Å²) in [6.07, 6.45) is -0.326. The Hall–Kier alpha value is -3.07. The number of nitrogens with one attached hydrogen (secondary N) is 1. The fraction of sp³-hybridized carbons (Fsp3) is 0.333. The summed E-state index contributed by atoms with van der Waals surface area (Å²) in [5, 5.41) is 0. The molecule has 0 radical (unpaired) electrons. The van der Waals surface area contributed by atoms with Crippen LogP contribution >= 0.6 is 0 Å². The van der Waals surface area contributed by atoms with E-state index < -0.39 is 10.0 Å². The van der Waals surface area contributed by atoms with Crippen molar-refractivity contribution in [2.24, 2.45) is 0 Å². The first kappa shape index (κ1) is 20.2. The van der Waals surface area contributed by atoms with Gasteiger partial charge in [-0.3, -0.25) is 14.4 Å². The van der Waals surface area contributed by atoms with Crippen LogP contribution in [0.2, 0.25) is 0 Å². The van der Waals surface area contributed by atoms with Crippen LogP contribution < -0.4 is 4.72 Å². The summed E-state index contributed by atoms with van der Waals surface area (Å²) >= 11 is 0. The van der Waals surface area contributed by atoms with Gasteiger partial charge in [0.05, 0.1) is 10.9 Å². The van der Waals surface area contributed by atoms with E-state index in [0.29, 0.717) is 37.5 Å². The molecule has 2 saturated heterocycles. The van der Waals surface area contributed by atoms with E-state index in [1.165, 1.54) is 0 Å². The number of fused-ring (bicyclic) bond motifs is 1. The lowest BCUT2D eigenvalue weighted by Gasteiger charge is -2.35. The van der Waals surface area contributed by atoms with Crippen LogP contribution in [0, 0.1) is 13.8 Å². The average molecular weight is 429 g/mol. The molecule has 2 fully saturated rings. The molecule has 0 unspecified atom stereocenters. The summed E-state index contributed by atoms with van der Waals surface area (Å²) in [6, 6.07) is 11.2. The largest absolute Gasteiger partial charge is 0.447 e. The minimum Gasteiger partial charge on any atom is -0.447 e. The first-order chi connectivity index (χ1) is 14.2. The Morgan fingerprint density at radius 3 is 2.50 bits per heavy atom. The van der Waals surface area contributed by atoms with Crippen LogP contribution in [0.5, 0.6) is 0 Å².